The van der Waals surface area contributed by atoms with E-state index in [0.29, 0.717) is 5.92 Å². The van der Waals surface area contributed by atoms with Crippen molar-refractivity contribution in [3.8, 4) is 0 Å². The zero-order valence-electron chi connectivity index (χ0n) is 20.9. The van der Waals surface area contributed by atoms with E-state index in [-0.39, 0.29) is 24.4 Å². The van der Waals surface area contributed by atoms with E-state index in [1.54, 1.807) is 0 Å². The van der Waals surface area contributed by atoms with Gasteiger partial charge in [0, 0.05) is 17.6 Å². The third kappa shape index (κ3) is 5.06. The Morgan fingerprint density at radius 2 is 1.50 bits per heavy atom. The molecule has 0 spiro atoms. The summed E-state index contributed by atoms with van der Waals surface area (Å²) >= 11 is 0. The van der Waals surface area contributed by atoms with Crippen molar-refractivity contribution in [3.63, 3.8) is 0 Å². The van der Waals surface area contributed by atoms with Crippen LogP contribution >= 0.6 is 0 Å². The predicted octanol–water partition coefficient (Wildman–Crippen LogP) is 6.83. The molecule has 1 atom stereocenters. The van der Waals surface area contributed by atoms with E-state index in [1.807, 2.05) is 53.4 Å². The zero-order valence-corrected chi connectivity index (χ0v) is 20.9. The smallest absolute Gasteiger partial charge is 0.247 e. The second kappa shape index (κ2) is 10.3. The molecular weight excluding hydrogens is 418 g/mol. The lowest BCUT2D eigenvalue weighted by molar-refractivity contribution is -0.119. The molecule has 0 unspecified atom stereocenters. The number of anilines is 1. The van der Waals surface area contributed by atoms with Gasteiger partial charge in [-0.25, -0.2) is 4.98 Å². The first kappa shape index (κ1) is 23.7. The molecule has 0 aliphatic carbocycles. The molecule has 4 heteroatoms. The second-order valence-electron chi connectivity index (χ2n) is 9.80. The number of para-hydroxylation sites is 3. The fourth-order valence-corrected chi connectivity index (χ4v) is 4.68. The Bertz CT molecular complexity index is 1240. The van der Waals surface area contributed by atoms with Crippen LogP contribution in [0.1, 0.15) is 57.5 Å². The maximum absolute atomic E-state index is 13.6. The topological polar surface area (TPSA) is 38.1 Å². The normalized spacial score (nSPS) is 12.4. The lowest BCUT2D eigenvalue weighted by Crippen LogP contribution is -2.39. The van der Waals surface area contributed by atoms with Gasteiger partial charge in [-0.05, 0) is 61.6 Å². The zero-order chi connectivity index (χ0) is 24.2. The summed E-state index contributed by atoms with van der Waals surface area (Å²) in [6.45, 7) is 11.0. The van der Waals surface area contributed by atoms with Crippen LogP contribution in [-0.2, 0) is 17.8 Å². The maximum atomic E-state index is 13.6. The molecule has 0 aliphatic rings. The van der Waals surface area contributed by atoms with Crippen molar-refractivity contribution in [2.45, 2.75) is 59.5 Å². The van der Waals surface area contributed by atoms with Gasteiger partial charge < -0.3 is 9.47 Å². The summed E-state index contributed by atoms with van der Waals surface area (Å²) in [6.07, 6.45) is 1.08. The van der Waals surface area contributed by atoms with Crippen LogP contribution in [0.15, 0.2) is 78.9 Å². The minimum atomic E-state index is 0.0547. The van der Waals surface area contributed by atoms with Crippen LogP contribution in [0.25, 0.3) is 11.0 Å². The van der Waals surface area contributed by atoms with E-state index in [1.165, 1.54) is 11.1 Å². The van der Waals surface area contributed by atoms with Crippen molar-refractivity contribution in [2.24, 2.45) is 5.92 Å². The number of amides is 1. The molecule has 34 heavy (non-hydrogen) atoms. The number of nitrogens with zero attached hydrogens (tertiary/aromatic N) is 3. The molecule has 3 aromatic carbocycles. The van der Waals surface area contributed by atoms with Crippen LogP contribution in [0.5, 0.6) is 0 Å². The number of imidazole rings is 1. The van der Waals surface area contributed by atoms with E-state index >= 15 is 0 Å². The highest BCUT2D eigenvalue weighted by Gasteiger charge is 2.24. The lowest BCUT2D eigenvalue weighted by Gasteiger charge is -2.28. The summed E-state index contributed by atoms with van der Waals surface area (Å²) in [6, 6.07) is 26.9. The van der Waals surface area contributed by atoms with Gasteiger partial charge in [-0.3, -0.25) is 4.79 Å². The molecule has 176 valence electrons. The first-order chi connectivity index (χ1) is 16.3. The molecule has 1 aromatic heterocycles. The van der Waals surface area contributed by atoms with Crippen LogP contribution in [0.3, 0.4) is 0 Å². The molecular formula is C30H35N3O. The third-order valence-electron chi connectivity index (χ3n) is 6.31. The van der Waals surface area contributed by atoms with Gasteiger partial charge in [0.15, 0.2) is 0 Å². The van der Waals surface area contributed by atoms with Gasteiger partial charge in [-0.1, -0.05) is 75.4 Å². The summed E-state index contributed by atoms with van der Waals surface area (Å²) in [5.41, 5.74) is 5.39. The van der Waals surface area contributed by atoms with Crippen LogP contribution in [0, 0.1) is 5.92 Å². The monoisotopic (exact) mass is 453 g/mol. The number of benzene rings is 3. The summed E-state index contributed by atoms with van der Waals surface area (Å²) in [7, 11) is 0. The van der Waals surface area contributed by atoms with Gasteiger partial charge >= 0.3 is 0 Å². The molecule has 1 amide bonds. The van der Waals surface area contributed by atoms with Crippen molar-refractivity contribution in [2.75, 3.05) is 4.90 Å². The van der Waals surface area contributed by atoms with Gasteiger partial charge in [0.2, 0.25) is 5.91 Å². The van der Waals surface area contributed by atoms with Crippen LogP contribution < -0.4 is 4.90 Å². The molecule has 0 saturated heterocycles. The first-order valence-corrected chi connectivity index (χ1v) is 12.3. The Balaban J connectivity index is 1.69. The molecule has 4 rings (SSSR count). The fourth-order valence-electron chi connectivity index (χ4n) is 4.68. The van der Waals surface area contributed by atoms with Gasteiger partial charge in [0.25, 0.3) is 0 Å². The number of rotatable bonds is 8. The van der Waals surface area contributed by atoms with Gasteiger partial charge in [-0.2, -0.15) is 0 Å². The predicted molar refractivity (Wildman–Crippen MR) is 141 cm³/mol. The van der Waals surface area contributed by atoms with E-state index in [0.717, 1.165) is 29.0 Å². The van der Waals surface area contributed by atoms with E-state index in [9.17, 15) is 4.79 Å². The Morgan fingerprint density at radius 1 is 0.853 bits per heavy atom. The molecule has 1 heterocycles. The summed E-state index contributed by atoms with van der Waals surface area (Å²) in [5.74, 6) is 1.68. The van der Waals surface area contributed by atoms with E-state index < -0.39 is 0 Å². The number of hydrogen-bond donors (Lipinski definition) is 0. The fraction of sp³-hybridized carbons (Fsp3) is 0.333. The largest absolute Gasteiger partial charge is 0.318 e. The Hall–Kier alpha value is -3.40. The highest BCUT2D eigenvalue weighted by molar-refractivity contribution is 5.94. The number of carbonyl (C=O) groups is 1. The Kier molecular flexibility index (Phi) is 7.16. The van der Waals surface area contributed by atoms with Crippen LogP contribution in [-0.4, -0.2) is 21.5 Å². The van der Waals surface area contributed by atoms with Gasteiger partial charge in [-0.15, -0.1) is 0 Å². The number of aromatic nitrogens is 2. The average Bonchev–Trinajstić information content (AvgIpc) is 3.17. The van der Waals surface area contributed by atoms with Crippen molar-refractivity contribution in [1.29, 1.82) is 0 Å². The van der Waals surface area contributed by atoms with Crippen LogP contribution in [0.2, 0.25) is 0 Å². The molecule has 0 bridgehead atoms. The highest BCUT2D eigenvalue weighted by atomic mass is 16.2. The second-order valence-corrected chi connectivity index (χ2v) is 9.80. The molecule has 0 N–H and O–H groups in total. The summed E-state index contributed by atoms with van der Waals surface area (Å²) < 4.78 is 2.10. The van der Waals surface area contributed by atoms with Gasteiger partial charge in [0.05, 0.1) is 11.0 Å². The number of fused-ring (bicyclic) bond motifs is 1. The average molecular weight is 454 g/mol. The first-order valence-electron chi connectivity index (χ1n) is 12.3. The van der Waals surface area contributed by atoms with Crippen molar-refractivity contribution < 1.29 is 4.79 Å². The molecule has 0 fully saturated rings. The standard InChI is InChI=1S/C30H35N3O/c1-21(2)19-24-15-17-25(18-16-24)23(5)30-31-27-13-9-10-14-28(27)32(30)20-29(34)33(22(3)4)26-11-7-6-8-12-26/h6-18,21-23H,19-20H2,1-5H3/t23-/m0/s1. The lowest BCUT2D eigenvalue weighted by atomic mass is 9.96. The summed E-state index contributed by atoms with van der Waals surface area (Å²) in [5, 5.41) is 0. The Morgan fingerprint density at radius 3 is 2.15 bits per heavy atom. The van der Waals surface area contributed by atoms with Gasteiger partial charge in [0.1, 0.15) is 12.4 Å². The molecule has 4 aromatic rings. The number of hydrogen-bond acceptors (Lipinski definition) is 2. The molecule has 4 nitrogen and oxygen atoms in total. The molecule has 0 saturated carbocycles. The van der Waals surface area contributed by atoms with E-state index in [4.69, 9.17) is 4.98 Å². The Labute approximate surface area is 203 Å². The SMILES string of the molecule is CC(C)Cc1ccc([C@H](C)c2nc3ccccc3n2CC(=O)N(c2ccccc2)C(C)C)cc1. The molecule has 0 radical (unpaired) electrons. The highest BCUT2D eigenvalue weighted by Crippen LogP contribution is 2.29. The summed E-state index contributed by atoms with van der Waals surface area (Å²) in [4.78, 5) is 20.5. The van der Waals surface area contributed by atoms with Crippen LogP contribution in [0.4, 0.5) is 5.69 Å². The third-order valence-corrected chi connectivity index (χ3v) is 6.31. The number of carbonyl (C=O) groups excluding carboxylic acids is 1. The quantitative estimate of drug-likeness (QED) is 0.293. The van der Waals surface area contributed by atoms with E-state index in [2.05, 4.69) is 69.5 Å². The van der Waals surface area contributed by atoms with Crippen molar-refractivity contribution in [3.05, 3.63) is 95.8 Å². The maximum Gasteiger partial charge on any atom is 0.247 e. The minimum Gasteiger partial charge on any atom is -0.318 e. The van der Waals surface area contributed by atoms with Crippen molar-refractivity contribution in [1.82, 2.24) is 9.55 Å². The minimum absolute atomic E-state index is 0.0547. The molecule has 0 aliphatic heterocycles. The van der Waals surface area contributed by atoms with Crippen molar-refractivity contribution >= 4 is 22.6 Å².